The number of para-hydroxylation sites is 1. The van der Waals surface area contributed by atoms with Gasteiger partial charge in [0.1, 0.15) is 5.75 Å². The predicted octanol–water partition coefficient (Wildman–Crippen LogP) is 5.07. The van der Waals surface area contributed by atoms with Gasteiger partial charge in [-0.1, -0.05) is 23.7 Å². The highest BCUT2D eigenvalue weighted by Gasteiger charge is 2.34. The molecule has 0 radical (unpaired) electrons. The number of hydrogen-bond donors (Lipinski definition) is 1. The zero-order valence-corrected chi connectivity index (χ0v) is 13.7. The molecular formula is C17H15ClF3NO2. The Morgan fingerprint density at radius 1 is 1.21 bits per heavy atom. The molecule has 0 unspecified atom stereocenters. The van der Waals surface area contributed by atoms with Gasteiger partial charge in [-0.3, -0.25) is 4.79 Å². The second-order valence-corrected chi connectivity index (χ2v) is 5.64. The summed E-state index contributed by atoms with van der Waals surface area (Å²) in [6.45, 7) is 3.21. The Morgan fingerprint density at radius 2 is 1.88 bits per heavy atom. The lowest BCUT2D eigenvalue weighted by Gasteiger charge is -2.18. The van der Waals surface area contributed by atoms with Crippen LogP contribution in [-0.4, -0.2) is 12.0 Å². The minimum absolute atomic E-state index is 0.307. The van der Waals surface area contributed by atoms with Crippen LogP contribution >= 0.6 is 11.6 Å². The third-order valence-corrected chi connectivity index (χ3v) is 3.54. The number of halogens is 4. The number of hydrogen-bond acceptors (Lipinski definition) is 2. The van der Waals surface area contributed by atoms with Gasteiger partial charge in [0.15, 0.2) is 6.10 Å². The standard InChI is InChI=1S/C17H15ClF3NO2/c1-10-9-12(18)7-8-15(10)24-11(2)16(23)22-14-6-4-3-5-13(14)17(19,20)21/h3-9,11H,1-2H3,(H,22,23)/t11-/m1/s1. The van der Waals surface area contributed by atoms with Gasteiger partial charge in [0.25, 0.3) is 5.91 Å². The molecule has 0 aliphatic rings. The minimum atomic E-state index is -4.55. The second-order valence-electron chi connectivity index (χ2n) is 5.20. The Bertz CT molecular complexity index is 747. The molecular weight excluding hydrogens is 343 g/mol. The van der Waals surface area contributed by atoms with Crippen LogP contribution in [-0.2, 0) is 11.0 Å². The van der Waals surface area contributed by atoms with Gasteiger partial charge in [-0.15, -0.1) is 0 Å². The average molecular weight is 358 g/mol. The SMILES string of the molecule is Cc1cc(Cl)ccc1O[C@H](C)C(=O)Nc1ccccc1C(F)(F)F. The Morgan fingerprint density at radius 3 is 2.50 bits per heavy atom. The Hall–Kier alpha value is -2.21. The van der Waals surface area contributed by atoms with Crippen LogP contribution in [0.15, 0.2) is 42.5 Å². The molecule has 7 heteroatoms. The molecule has 2 aromatic carbocycles. The van der Waals surface area contributed by atoms with Crippen LogP contribution in [0.1, 0.15) is 18.1 Å². The van der Waals surface area contributed by atoms with Crippen molar-refractivity contribution in [3.8, 4) is 5.75 Å². The number of benzene rings is 2. The fourth-order valence-corrected chi connectivity index (χ4v) is 2.29. The van der Waals surface area contributed by atoms with Crippen molar-refractivity contribution in [2.75, 3.05) is 5.32 Å². The van der Waals surface area contributed by atoms with Gasteiger partial charge in [-0.25, -0.2) is 0 Å². The summed E-state index contributed by atoms with van der Waals surface area (Å²) in [7, 11) is 0. The van der Waals surface area contributed by atoms with Crippen molar-refractivity contribution in [2.24, 2.45) is 0 Å². The molecule has 0 bridgehead atoms. The van der Waals surface area contributed by atoms with Gasteiger partial charge in [-0.05, 0) is 49.7 Å². The molecule has 0 saturated heterocycles. The summed E-state index contributed by atoms with van der Waals surface area (Å²) in [6, 6.07) is 9.65. The van der Waals surface area contributed by atoms with E-state index in [9.17, 15) is 18.0 Å². The maximum atomic E-state index is 12.9. The monoisotopic (exact) mass is 357 g/mol. The molecule has 3 nitrogen and oxygen atoms in total. The van der Waals surface area contributed by atoms with Gasteiger partial charge in [-0.2, -0.15) is 13.2 Å². The fourth-order valence-electron chi connectivity index (χ4n) is 2.06. The number of aryl methyl sites for hydroxylation is 1. The number of ether oxygens (including phenoxy) is 1. The molecule has 2 aromatic rings. The molecule has 24 heavy (non-hydrogen) atoms. The molecule has 0 aliphatic carbocycles. The number of nitrogens with one attached hydrogen (secondary N) is 1. The highest BCUT2D eigenvalue weighted by Crippen LogP contribution is 2.34. The highest BCUT2D eigenvalue weighted by molar-refractivity contribution is 6.30. The first-order valence-electron chi connectivity index (χ1n) is 7.08. The van der Waals surface area contributed by atoms with E-state index >= 15 is 0 Å². The van der Waals surface area contributed by atoms with E-state index in [1.807, 2.05) is 0 Å². The van der Waals surface area contributed by atoms with Gasteiger partial charge in [0.2, 0.25) is 0 Å². The van der Waals surface area contributed by atoms with Gasteiger partial charge >= 0.3 is 6.18 Å². The minimum Gasteiger partial charge on any atom is -0.481 e. The van der Waals surface area contributed by atoms with Crippen LogP contribution < -0.4 is 10.1 Å². The highest BCUT2D eigenvalue weighted by atomic mass is 35.5. The third-order valence-electron chi connectivity index (χ3n) is 3.30. The van der Waals surface area contributed by atoms with E-state index in [4.69, 9.17) is 16.3 Å². The topological polar surface area (TPSA) is 38.3 Å². The lowest BCUT2D eigenvalue weighted by atomic mass is 10.1. The molecule has 0 fully saturated rings. The molecule has 1 N–H and O–H groups in total. The van der Waals surface area contributed by atoms with E-state index < -0.39 is 23.8 Å². The molecule has 0 spiro atoms. The van der Waals surface area contributed by atoms with Gasteiger partial charge in [0.05, 0.1) is 11.3 Å². The molecule has 2 rings (SSSR count). The zero-order chi connectivity index (χ0) is 17.9. The average Bonchev–Trinajstić information content (AvgIpc) is 2.49. The summed E-state index contributed by atoms with van der Waals surface area (Å²) in [5, 5.41) is 2.78. The van der Waals surface area contributed by atoms with E-state index in [1.165, 1.54) is 25.1 Å². The summed E-state index contributed by atoms with van der Waals surface area (Å²) in [5.41, 5.74) is -0.496. The Labute approximate surface area is 142 Å². The third kappa shape index (κ3) is 4.41. The first-order valence-corrected chi connectivity index (χ1v) is 7.46. The van der Waals surface area contributed by atoms with Crippen molar-refractivity contribution in [2.45, 2.75) is 26.1 Å². The van der Waals surface area contributed by atoms with E-state index in [0.717, 1.165) is 11.6 Å². The molecule has 0 saturated carbocycles. The van der Waals surface area contributed by atoms with E-state index in [-0.39, 0.29) is 5.69 Å². The predicted molar refractivity (Wildman–Crippen MR) is 86.4 cm³/mol. The smallest absolute Gasteiger partial charge is 0.418 e. The van der Waals surface area contributed by atoms with Crippen molar-refractivity contribution >= 4 is 23.2 Å². The first kappa shape index (κ1) is 18.1. The van der Waals surface area contributed by atoms with Crippen LogP contribution in [0.2, 0.25) is 5.02 Å². The van der Waals surface area contributed by atoms with Crippen LogP contribution in [0.4, 0.5) is 18.9 Å². The largest absolute Gasteiger partial charge is 0.481 e. The molecule has 1 amide bonds. The number of carbonyl (C=O) groups excluding carboxylic acids is 1. The van der Waals surface area contributed by atoms with Crippen LogP contribution in [0.5, 0.6) is 5.75 Å². The van der Waals surface area contributed by atoms with E-state index in [2.05, 4.69) is 5.32 Å². The maximum Gasteiger partial charge on any atom is 0.418 e. The normalized spacial score (nSPS) is 12.6. The van der Waals surface area contributed by atoms with E-state index in [1.54, 1.807) is 25.1 Å². The molecule has 128 valence electrons. The lowest BCUT2D eigenvalue weighted by molar-refractivity contribution is -0.137. The first-order chi connectivity index (χ1) is 11.2. The van der Waals surface area contributed by atoms with Gasteiger partial charge in [0, 0.05) is 5.02 Å². The summed E-state index contributed by atoms with van der Waals surface area (Å²) < 4.78 is 44.3. The summed E-state index contributed by atoms with van der Waals surface area (Å²) in [4.78, 5) is 12.1. The number of carbonyl (C=O) groups is 1. The number of alkyl halides is 3. The van der Waals surface area contributed by atoms with Crippen molar-refractivity contribution in [3.05, 3.63) is 58.6 Å². The molecule has 0 heterocycles. The van der Waals surface area contributed by atoms with Crippen molar-refractivity contribution in [1.82, 2.24) is 0 Å². The number of anilines is 1. The lowest BCUT2D eigenvalue weighted by Crippen LogP contribution is -2.31. The second kappa shape index (κ2) is 7.13. The van der Waals surface area contributed by atoms with Crippen LogP contribution in [0.25, 0.3) is 0 Å². The quantitative estimate of drug-likeness (QED) is 0.829. The molecule has 0 aromatic heterocycles. The van der Waals surface area contributed by atoms with Crippen molar-refractivity contribution < 1.29 is 22.7 Å². The number of rotatable bonds is 4. The van der Waals surface area contributed by atoms with Crippen molar-refractivity contribution in [1.29, 1.82) is 0 Å². The summed E-state index contributed by atoms with van der Waals surface area (Å²) in [6.07, 6.45) is -5.54. The fraction of sp³-hybridized carbons (Fsp3) is 0.235. The zero-order valence-electron chi connectivity index (χ0n) is 12.9. The van der Waals surface area contributed by atoms with Crippen molar-refractivity contribution in [3.63, 3.8) is 0 Å². The molecule has 0 aliphatic heterocycles. The van der Waals surface area contributed by atoms with E-state index in [0.29, 0.717) is 10.8 Å². The van der Waals surface area contributed by atoms with Crippen LogP contribution in [0, 0.1) is 6.92 Å². The Balaban J connectivity index is 2.13. The maximum absolute atomic E-state index is 12.9. The Kier molecular flexibility index (Phi) is 5.39. The summed E-state index contributed by atoms with van der Waals surface area (Å²) in [5.74, 6) is -0.243. The van der Waals surface area contributed by atoms with Crippen LogP contribution in [0.3, 0.4) is 0 Å². The molecule has 1 atom stereocenters. The number of amides is 1. The van der Waals surface area contributed by atoms with Gasteiger partial charge < -0.3 is 10.1 Å². The summed E-state index contributed by atoms with van der Waals surface area (Å²) >= 11 is 5.84.